The molecule has 0 spiro atoms. The third-order valence-corrected chi connectivity index (χ3v) is 3.58. The lowest BCUT2D eigenvalue weighted by Crippen LogP contribution is -2.50. The maximum atomic E-state index is 12.4. The maximum absolute atomic E-state index is 12.4. The van der Waals surface area contributed by atoms with Crippen molar-refractivity contribution in [1.82, 2.24) is 9.88 Å². The minimum absolute atomic E-state index is 0.247. The minimum atomic E-state index is -1.10. The summed E-state index contributed by atoms with van der Waals surface area (Å²) in [4.78, 5) is 29.3. The summed E-state index contributed by atoms with van der Waals surface area (Å²) in [7, 11) is 0. The molecule has 0 aliphatic carbocycles. The molecule has 18 heavy (non-hydrogen) atoms. The SMILES string of the molecule is Cc1ncccc1C(=O)N1CCCC1(C)C(=O)O. The molecule has 0 saturated carbocycles. The van der Waals surface area contributed by atoms with Crippen LogP contribution in [0.1, 0.15) is 35.8 Å². The molecule has 96 valence electrons. The first kappa shape index (κ1) is 12.5. The van der Waals surface area contributed by atoms with E-state index in [2.05, 4.69) is 4.98 Å². The third kappa shape index (κ3) is 1.85. The number of rotatable bonds is 2. The van der Waals surface area contributed by atoms with Crippen LogP contribution in [0.3, 0.4) is 0 Å². The first-order valence-corrected chi connectivity index (χ1v) is 5.94. The Morgan fingerprint density at radius 1 is 1.50 bits per heavy atom. The van der Waals surface area contributed by atoms with Crippen LogP contribution in [0.2, 0.25) is 0 Å². The fourth-order valence-electron chi connectivity index (χ4n) is 2.37. The second kappa shape index (κ2) is 4.40. The number of carboxylic acids is 1. The molecule has 0 bridgehead atoms. The second-order valence-corrected chi connectivity index (χ2v) is 4.78. The molecule has 2 heterocycles. The number of carbonyl (C=O) groups is 2. The monoisotopic (exact) mass is 248 g/mol. The normalized spacial score (nSPS) is 23.1. The van der Waals surface area contributed by atoms with E-state index in [1.54, 1.807) is 32.2 Å². The summed E-state index contributed by atoms with van der Waals surface area (Å²) in [5.74, 6) is -1.20. The molecular formula is C13H16N2O3. The van der Waals surface area contributed by atoms with Crippen molar-refractivity contribution in [2.45, 2.75) is 32.2 Å². The lowest BCUT2D eigenvalue weighted by Gasteiger charge is -2.31. The number of aromatic nitrogens is 1. The van der Waals surface area contributed by atoms with E-state index in [1.165, 1.54) is 4.90 Å². The lowest BCUT2D eigenvalue weighted by molar-refractivity contribution is -0.147. The van der Waals surface area contributed by atoms with Crippen LogP contribution >= 0.6 is 0 Å². The van der Waals surface area contributed by atoms with Crippen molar-refractivity contribution >= 4 is 11.9 Å². The molecule has 1 N–H and O–H groups in total. The van der Waals surface area contributed by atoms with Crippen LogP contribution in [0.4, 0.5) is 0 Å². The summed E-state index contributed by atoms with van der Waals surface area (Å²) in [6.07, 6.45) is 2.83. The number of aliphatic carboxylic acids is 1. The van der Waals surface area contributed by atoms with Gasteiger partial charge in [-0.25, -0.2) is 4.79 Å². The summed E-state index contributed by atoms with van der Waals surface area (Å²) in [5, 5.41) is 9.30. The third-order valence-electron chi connectivity index (χ3n) is 3.58. The average Bonchev–Trinajstić information content (AvgIpc) is 2.72. The highest BCUT2D eigenvalue weighted by Crippen LogP contribution is 2.31. The number of carbonyl (C=O) groups excluding carboxylic acids is 1. The highest BCUT2D eigenvalue weighted by Gasteiger charge is 2.46. The first-order valence-electron chi connectivity index (χ1n) is 5.94. The second-order valence-electron chi connectivity index (χ2n) is 4.78. The Hall–Kier alpha value is -1.91. The Balaban J connectivity index is 2.35. The molecule has 1 aliphatic heterocycles. The van der Waals surface area contributed by atoms with Gasteiger partial charge in [0.05, 0.1) is 5.56 Å². The van der Waals surface area contributed by atoms with E-state index in [9.17, 15) is 14.7 Å². The Labute approximate surface area is 105 Å². The zero-order chi connectivity index (χ0) is 13.3. The van der Waals surface area contributed by atoms with E-state index < -0.39 is 11.5 Å². The molecule has 5 heteroatoms. The summed E-state index contributed by atoms with van der Waals surface area (Å²) < 4.78 is 0. The average molecular weight is 248 g/mol. The molecule has 2 rings (SSSR count). The standard InChI is InChI=1S/C13H16N2O3/c1-9-10(5-3-7-14-9)11(16)15-8-4-6-13(15,2)12(17)18/h3,5,7H,4,6,8H2,1-2H3,(H,17,18). The van der Waals surface area contributed by atoms with Crippen molar-refractivity contribution in [3.8, 4) is 0 Å². The quantitative estimate of drug-likeness (QED) is 0.860. The van der Waals surface area contributed by atoms with E-state index in [0.29, 0.717) is 30.6 Å². The molecule has 1 amide bonds. The fourth-order valence-corrected chi connectivity index (χ4v) is 2.37. The molecule has 1 unspecified atom stereocenters. The number of amides is 1. The van der Waals surface area contributed by atoms with Crippen LogP contribution in [0.5, 0.6) is 0 Å². The van der Waals surface area contributed by atoms with E-state index in [0.717, 1.165) is 0 Å². The molecule has 5 nitrogen and oxygen atoms in total. The largest absolute Gasteiger partial charge is 0.480 e. The van der Waals surface area contributed by atoms with Gasteiger partial charge in [-0.3, -0.25) is 9.78 Å². The Bertz CT molecular complexity index is 501. The Morgan fingerprint density at radius 2 is 2.22 bits per heavy atom. The highest BCUT2D eigenvalue weighted by molar-refractivity contribution is 5.98. The summed E-state index contributed by atoms with van der Waals surface area (Å²) in [5.41, 5.74) is 0.00772. The number of likely N-dealkylation sites (tertiary alicyclic amines) is 1. The minimum Gasteiger partial charge on any atom is -0.480 e. The first-order chi connectivity index (χ1) is 8.47. The predicted octanol–water partition coefficient (Wildman–Crippen LogP) is 1.47. The Morgan fingerprint density at radius 3 is 2.83 bits per heavy atom. The topological polar surface area (TPSA) is 70.5 Å². The molecular weight excluding hydrogens is 232 g/mol. The number of nitrogens with zero attached hydrogens (tertiary/aromatic N) is 2. The molecule has 0 radical (unpaired) electrons. The zero-order valence-electron chi connectivity index (χ0n) is 10.5. The van der Waals surface area contributed by atoms with Gasteiger partial charge >= 0.3 is 5.97 Å². The van der Waals surface area contributed by atoms with Gasteiger partial charge in [0.15, 0.2) is 0 Å². The van der Waals surface area contributed by atoms with Crippen LogP contribution < -0.4 is 0 Å². The smallest absolute Gasteiger partial charge is 0.329 e. The van der Waals surface area contributed by atoms with E-state index >= 15 is 0 Å². The van der Waals surface area contributed by atoms with E-state index in [-0.39, 0.29) is 5.91 Å². The fraction of sp³-hybridized carbons (Fsp3) is 0.462. The van der Waals surface area contributed by atoms with Crippen molar-refractivity contribution < 1.29 is 14.7 Å². The number of carboxylic acid groups (broad SMARTS) is 1. The van der Waals surface area contributed by atoms with E-state index in [1.807, 2.05) is 0 Å². The van der Waals surface area contributed by atoms with Gasteiger partial charge in [0.1, 0.15) is 5.54 Å². The number of aryl methyl sites for hydroxylation is 1. The van der Waals surface area contributed by atoms with Gasteiger partial charge in [-0.05, 0) is 38.8 Å². The number of pyridine rings is 1. The van der Waals surface area contributed by atoms with Crippen molar-refractivity contribution in [1.29, 1.82) is 0 Å². The van der Waals surface area contributed by atoms with Crippen LogP contribution in [-0.4, -0.2) is 39.0 Å². The van der Waals surface area contributed by atoms with Crippen molar-refractivity contribution in [3.05, 3.63) is 29.6 Å². The molecule has 1 aliphatic rings. The van der Waals surface area contributed by atoms with Gasteiger partial charge in [-0.2, -0.15) is 0 Å². The van der Waals surface area contributed by atoms with Gasteiger partial charge in [0, 0.05) is 18.4 Å². The van der Waals surface area contributed by atoms with Gasteiger partial charge < -0.3 is 10.0 Å². The van der Waals surface area contributed by atoms with Gasteiger partial charge in [-0.1, -0.05) is 0 Å². The number of hydrogen-bond donors (Lipinski definition) is 1. The molecule has 1 fully saturated rings. The zero-order valence-corrected chi connectivity index (χ0v) is 10.5. The van der Waals surface area contributed by atoms with Crippen LogP contribution in [0.15, 0.2) is 18.3 Å². The molecule has 1 atom stereocenters. The van der Waals surface area contributed by atoms with Crippen molar-refractivity contribution in [3.63, 3.8) is 0 Å². The van der Waals surface area contributed by atoms with Gasteiger partial charge in [0.2, 0.25) is 0 Å². The summed E-state index contributed by atoms with van der Waals surface area (Å²) >= 11 is 0. The summed E-state index contributed by atoms with van der Waals surface area (Å²) in [6, 6.07) is 3.37. The van der Waals surface area contributed by atoms with Gasteiger partial charge in [0.25, 0.3) is 5.91 Å². The lowest BCUT2D eigenvalue weighted by atomic mass is 9.98. The molecule has 1 aromatic rings. The molecule has 1 aromatic heterocycles. The van der Waals surface area contributed by atoms with Crippen LogP contribution in [-0.2, 0) is 4.79 Å². The molecule has 0 aromatic carbocycles. The molecule has 1 saturated heterocycles. The van der Waals surface area contributed by atoms with Crippen LogP contribution in [0, 0.1) is 6.92 Å². The predicted molar refractivity (Wildman–Crippen MR) is 65.3 cm³/mol. The maximum Gasteiger partial charge on any atom is 0.329 e. The van der Waals surface area contributed by atoms with Gasteiger partial charge in [-0.15, -0.1) is 0 Å². The Kier molecular flexibility index (Phi) is 3.07. The van der Waals surface area contributed by atoms with E-state index in [4.69, 9.17) is 0 Å². The summed E-state index contributed by atoms with van der Waals surface area (Å²) in [6.45, 7) is 3.84. The van der Waals surface area contributed by atoms with Crippen molar-refractivity contribution in [2.24, 2.45) is 0 Å². The van der Waals surface area contributed by atoms with Crippen LogP contribution in [0.25, 0.3) is 0 Å². The van der Waals surface area contributed by atoms with Crippen molar-refractivity contribution in [2.75, 3.05) is 6.54 Å². The number of hydrogen-bond acceptors (Lipinski definition) is 3. The highest BCUT2D eigenvalue weighted by atomic mass is 16.4.